The first-order valence-electron chi connectivity index (χ1n) is 5.77. The van der Waals surface area contributed by atoms with Crippen LogP contribution in [0.25, 0.3) is 0 Å². The molecule has 0 amide bonds. The molecular weight excluding hydrogens is 218 g/mol. The lowest BCUT2D eigenvalue weighted by Gasteiger charge is -2.11. The normalized spacial score (nSPS) is 12.3. The van der Waals surface area contributed by atoms with Crippen molar-refractivity contribution >= 4 is 5.97 Å². The minimum Gasteiger partial charge on any atom is -0.481 e. The van der Waals surface area contributed by atoms with E-state index in [9.17, 15) is 4.79 Å². The third-order valence-corrected chi connectivity index (χ3v) is 2.41. The van der Waals surface area contributed by atoms with Gasteiger partial charge < -0.3 is 15.6 Å². The quantitative estimate of drug-likeness (QED) is 0.723. The minimum atomic E-state index is -0.776. The van der Waals surface area contributed by atoms with Crippen molar-refractivity contribution in [1.29, 1.82) is 0 Å². The molecule has 0 spiro atoms. The predicted molar refractivity (Wildman–Crippen MR) is 65.6 cm³/mol. The van der Waals surface area contributed by atoms with Gasteiger partial charge in [0, 0.05) is 12.5 Å². The Balaban J connectivity index is 2.08. The zero-order chi connectivity index (χ0) is 12.5. The topological polar surface area (TPSA) is 72.6 Å². The highest BCUT2D eigenvalue weighted by molar-refractivity contribution is 5.66. The summed E-state index contributed by atoms with van der Waals surface area (Å²) in [6, 6.07) is 9.79. The summed E-state index contributed by atoms with van der Waals surface area (Å²) in [5.41, 5.74) is 6.92. The van der Waals surface area contributed by atoms with E-state index >= 15 is 0 Å². The first-order valence-corrected chi connectivity index (χ1v) is 5.77. The van der Waals surface area contributed by atoms with E-state index in [-0.39, 0.29) is 12.5 Å². The van der Waals surface area contributed by atoms with E-state index in [1.165, 1.54) is 0 Å². The molecule has 1 aromatic rings. The number of aliphatic carboxylic acids is 1. The Hall–Kier alpha value is -1.39. The Morgan fingerprint density at radius 1 is 1.35 bits per heavy atom. The number of rotatable bonds is 8. The van der Waals surface area contributed by atoms with E-state index in [1.54, 1.807) is 0 Å². The average molecular weight is 237 g/mol. The Kier molecular flexibility index (Phi) is 6.29. The summed E-state index contributed by atoms with van der Waals surface area (Å²) in [6.45, 7) is 1.02. The van der Waals surface area contributed by atoms with Crippen molar-refractivity contribution < 1.29 is 14.6 Å². The Morgan fingerprint density at radius 3 is 2.71 bits per heavy atom. The number of ether oxygens (including phenoxy) is 1. The summed E-state index contributed by atoms with van der Waals surface area (Å²) >= 11 is 0. The molecular formula is C13H19NO3. The number of carbonyl (C=O) groups is 1. The molecule has 4 heteroatoms. The number of benzene rings is 1. The van der Waals surface area contributed by atoms with Crippen molar-refractivity contribution in [2.75, 3.05) is 6.61 Å². The van der Waals surface area contributed by atoms with Crippen LogP contribution >= 0.6 is 0 Å². The standard InChI is InChI=1S/C13H19NO3/c14-12(7-4-8-13(15)16)10-17-9-11-5-2-1-3-6-11/h1-3,5-6,12H,4,7-10,14H2,(H,15,16). The molecule has 0 aliphatic carbocycles. The van der Waals surface area contributed by atoms with Gasteiger partial charge in [-0.2, -0.15) is 0 Å². The second-order valence-electron chi connectivity index (χ2n) is 4.05. The molecule has 17 heavy (non-hydrogen) atoms. The van der Waals surface area contributed by atoms with E-state index in [0.29, 0.717) is 26.1 Å². The van der Waals surface area contributed by atoms with Crippen LogP contribution in [0.2, 0.25) is 0 Å². The van der Waals surface area contributed by atoms with Crippen molar-refractivity contribution in [1.82, 2.24) is 0 Å². The SMILES string of the molecule is NC(CCCC(=O)O)COCc1ccccc1. The van der Waals surface area contributed by atoms with Gasteiger partial charge in [-0.15, -0.1) is 0 Å². The van der Waals surface area contributed by atoms with Gasteiger partial charge in [-0.1, -0.05) is 30.3 Å². The summed E-state index contributed by atoms with van der Waals surface area (Å²) < 4.78 is 5.47. The molecule has 3 N–H and O–H groups in total. The van der Waals surface area contributed by atoms with Crippen LogP contribution in [0.15, 0.2) is 30.3 Å². The van der Waals surface area contributed by atoms with Gasteiger partial charge in [0.2, 0.25) is 0 Å². The van der Waals surface area contributed by atoms with Crippen LogP contribution < -0.4 is 5.73 Å². The number of hydrogen-bond acceptors (Lipinski definition) is 3. The van der Waals surface area contributed by atoms with Gasteiger partial charge in [0.05, 0.1) is 13.2 Å². The summed E-state index contributed by atoms with van der Waals surface area (Å²) in [6.07, 6.45) is 1.46. The molecule has 94 valence electrons. The van der Waals surface area contributed by atoms with Crippen molar-refractivity contribution in [3.8, 4) is 0 Å². The lowest BCUT2D eigenvalue weighted by atomic mass is 10.1. The molecule has 1 aromatic carbocycles. The van der Waals surface area contributed by atoms with E-state index in [4.69, 9.17) is 15.6 Å². The van der Waals surface area contributed by atoms with Crippen LogP contribution in [0, 0.1) is 0 Å². The van der Waals surface area contributed by atoms with Gasteiger partial charge in [-0.25, -0.2) is 0 Å². The second-order valence-corrected chi connectivity index (χ2v) is 4.05. The molecule has 0 fully saturated rings. The molecule has 0 saturated heterocycles. The van der Waals surface area contributed by atoms with Gasteiger partial charge in [-0.05, 0) is 18.4 Å². The molecule has 4 nitrogen and oxygen atoms in total. The fourth-order valence-corrected chi connectivity index (χ4v) is 1.50. The van der Waals surface area contributed by atoms with Crippen LogP contribution in [-0.4, -0.2) is 23.7 Å². The fraction of sp³-hybridized carbons (Fsp3) is 0.462. The molecule has 1 unspecified atom stereocenters. The lowest BCUT2D eigenvalue weighted by Crippen LogP contribution is -2.26. The minimum absolute atomic E-state index is 0.0851. The molecule has 0 heterocycles. The number of hydrogen-bond donors (Lipinski definition) is 2. The number of nitrogens with two attached hydrogens (primary N) is 1. The molecule has 1 rings (SSSR count). The smallest absolute Gasteiger partial charge is 0.303 e. The van der Waals surface area contributed by atoms with E-state index in [2.05, 4.69) is 0 Å². The first kappa shape index (κ1) is 13.7. The third kappa shape index (κ3) is 6.71. The van der Waals surface area contributed by atoms with Crippen molar-refractivity contribution in [2.45, 2.75) is 31.9 Å². The van der Waals surface area contributed by atoms with Crippen molar-refractivity contribution in [3.05, 3.63) is 35.9 Å². The Morgan fingerprint density at radius 2 is 2.06 bits per heavy atom. The first-order chi connectivity index (χ1) is 8.18. The van der Waals surface area contributed by atoms with Gasteiger partial charge in [0.1, 0.15) is 0 Å². The summed E-state index contributed by atoms with van der Waals surface area (Å²) in [5, 5.41) is 8.48. The maximum Gasteiger partial charge on any atom is 0.303 e. The molecule has 0 radical (unpaired) electrons. The lowest BCUT2D eigenvalue weighted by molar-refractivity contribution is -0.137. The van der Waals surface area contributed by atoms with Crippen molar-refractivity contribution in [2.24, 2.45) is 5.73 Å². The van der Waals surface area contributed by atoms with Crippen LogP contribution in [0.4, 0.5) is 0 Å². The van der Waals surface area contributed by atoms with E-state index in [1.807, 2.05) is 30.3 Å². The van der Waals surface area contributed by atoms with Gasteiger partial charge in [0.25, 0.3) is 0 Å². The summed E-state index contributed by atoms with van der Waals surface area (Å²) in [5.74, 6) is -0.776. The summed E-state index contributed by atoms with van der Waals surface area (Å²) in [4.78, 5) is 10.3. The largest absolute Gasteiger partial charge is 0.481 e. The Bertz CT molecular complexity index is 327. The highest BCUT2D eigenvalue weighted by atomic mass is 16.5. The maximum absolute atomic E-state index is 10.3. The number of carboxylic acid groups (broad SMARTS) is 1. The van der Waals surface area contributed by atoms with Gasteiger partial charge in [-0.3, -0.25) is 4.79 Å². The highest BCUT2D eigenvalue weighted by Gasteiger charge is 2.04. The average Bonchev–Trinajstić information content (AvgIpc) is 2.30. The van der Waals surface area contributed by atoms with Crippen LogP contribution in [0.5, 0.6) is 0 Å². The third-order valence-electron chi connectivity index (χ3n) is 2.41. The zero-order valence-electron chi connectivity index (χ0n) is 9.84. The van der Waals surface area contributed by atoms with Crippen LogP contribution in [0.3, 0.4) is 0 Å². The maximum atomic E-state index is 10.3. The molecule has 0 aliphatic heterocycles. The zero-order valence-corrected chi connectivity index (χ0v) is 9.84. The molecule has 0 aromatic heterocycles. The van der Waals surface area contributed by atoms with Crippen LogP contribution in [-0.2, 0) is 16.1 Å². The Labute approximate surface area is 101 Å². The number of carboxylic acids is 1. The molecule has 0 saturated carbocycles. The fourth-order valence-electron chi connectivity index (χ4n) is 1.50. The van der Waals surface area contributed by atoms with Gasteiger partial charge in [0.15, 0.2) is 0 Å². The molecule has 1 atom stereocenters. The van der Waals surface area contributed by atoms with Crippen LogP contribution in [0.1, 0.15) is 24.8 Å². The van der Waals surface area contributed by atoms with E-state index < -0.39 is 5.97 Å². The van der Waals surface area contributed by atoms with Gasteiger partial charge >= 0.3 is 5.97 Å². The van der Waals surface area contributed by atoms with Crippen molar-refractivity contribution in [3.63, 3.8) is 0 Å². The summed E-state index contributed by atoms with van der Waals surface area (Å²) in [7, 11) is 0. The highest BCUT2D eigenvalue weighted by Crippen LogP contribution is 2.03. The van der Waals surface area contributed by atoms with E-state index in [0.717, 1.165) is 5.56 Å². The second kappa shape index (κ2) is 7.81. The predicted octanol–water partition coefficient (Wildman–Crippen LogP) is 1.79. The molecule has 0 bridgehead atoms. The molecule has 0 aliphatic rings. The monoisotopic (exact) mass is 237 g/mol.